The van der Waals surface area contributed by atoms with Gasteiger partial charge >= 0.3 is 11.9 Å². The van der Waals surface area contributed by atoms with Gasteiger partial charge < -0.3 is 24.7 Å². The second kappa shape index (κ2) is 15.9. The lowest BCUT2D eigenvalue weighted by molar-refractivity contribution is -0.147. The summed E-state index contributed by atoms with van der Waals surface area (Å²) in [5, 5.41) is 1.02. The molecule has 2 aromatic heterocycles. The minimum absolute atomic E-state index is 0.0424. The number of fused-ring (bicyclic) bond motifs is 3. The summed E-state index contributed by atoms with van der Waals surface area (Å²) in [6.07, 6.45) is 5.18. The molecule has 47 heavy (non-hydrogen) atoms. The Balaban J connectivity index is 1.35. The first-order valence-electron chi connectivity index (χ1n) is 16.6. The zero-order valence-corrected chi connectivity index (χ0v) is 27.7. The van der Waals surface area contributed by atoms with Crippen LogP contribution in [0, 0.1) is 5.92 Å². The van der Waals surface area contributed by atoms with Crippen molar-refractivity contribution >= 4 is 45.6 Å². The van der Waals surface area contributed by atoms with Crippen LogP contribution in [0.2, 0.25) is 0 Å². The molecule has 0 spiro atoms. The summed E-state index contributed by atoms with van der Waals surface area (Å²) in [5.41, 5.74) is 10.8. The summed E-state index contributed by atoms with van der Waals surface area (Å²) in [4.78, 5) is 51.2. The van der Waals surface area contributed by atoms with E-state index in [4.69, 9.17) is 20.2 Å². The van der Waals surface area contributed by atoms with E-state index in [1.165, 1.54) is 14.2 Å². The number of methoxy groups -OCH3 is 2. The maximum absolute atomic E-state index is 13.9. The van der Waals surface area contributed by atoms with Crippen molar-refractivity contribution in [1.82, 2.24) is 24.3 Å². The standard InChI is InChI=1S/C36H46N6O5/c1-4-5-11-30-39-33-34(28-9-6-7-10-29(28)38-35(33)37)42(30)19-8-18-41(23-26-14-12-25(13-15-26)22-32(44)46-2)31(43)24-40-20-16-27(17-21-40)36(45)47-3/h6-7,9-10,12-15,27H,4-5,8,11,16-24H2,1-3H3,(H2,37,38). The van der Waals surface area contributed by atoms with Gasteiger partial charge in [0, 0.05) is 31.4 Å². The summed E-state index contributed by atoms with van der Waals surface area (Å²) in [6, 6.07) is 15.8. The minimum Gasteiger partial charge on any atom is -0.469 e. The molecule has 5 rings (SSSR count). The van der Waals surface area contributed by atoms with Crippen LogP contribution < -0.4 is 5.73 Å². The van der Waals surface area contributed by atoms with E-state index in [1.807, 2.05) is 47.4 Å². The van der Waals surface area contributed by atoms with E-state index >= 15 is 0 Å². The number of benzene rings is 2. The molecule has 0 saturated carbocycles. The number of aromatic nitrogens is 3. The van der Waals surface area contributed by atoms with Crippen molar-refractivity contribution in [3.05, 3.63) is 65.5 Å². The van der Waals surface area contributed by atoms with E-state index in [9.17, 15) is 14.4 Å². The van der Waals surface area contributed by atoms with Crippen LogP contribution in [0.15, 0.2) is 48.5 Å². The number of nitrogens with zero attached hydrogens (tertiary/aromatic N) is 5. The van der Waals surface area contributed by atoms with Gasteiger partial charge in [-0.1, -0.05) is 55.8 Å². The second-order valence-corrected chi connectivity index (χ2v) is 12.3. The van der Waals surface area contributed by atoms with E-state index in [-0.39, 0.29) is 36.7 Å². The highest BCUT2D eigenvalue weighted by Crippen LogP contribution is 2.29. The third-order valence-corrected chi connectivity index (χ3v) is 9.06. The summed E-state index contributed by atoms with van der Waals surface area (Å²) in [7, 11) is 2.80. The zero-order valence-electron chi connectivity index (χ0n) is 27.7. The number of para-hydroxylation sites is 1. The Labute approximate surface area is 276 Å². The molecule has 0 bridgehead atoms. The third-order valence-electron chi connectivity index (χ3n) is 9.06. The molecule has 11 heteroatoms. The smallest absolute Gasteiger partial charge is 0.309 e. The van der Waals surface area contributed by atoms with E-state index in [0.29, 0.717) is 51.4 Å². The molecule has 1 saturated heterocycles. The molecule has 1 fully saturated rings. The van der Waals surface area contributed by atoms with Crippen LogP contribution in [0.25, 0.3) is 21.9 Å². The Bertz CT molecular complexity index is 1690. The summed E-state index contributed by atoms with van der Waals surface area (Å²) in [6.45, 7) is 5.47. The molecule has 0 unspecified atom stereocenters. The molecule has 1 aliphatic rings. The maximum Gasteiger partial charge on any atom is 0.309 e. The van der Waals surface area contributed by atoms with Gasteiger partial charge in [-0.2, -0.15) is 0 Å². The van der Waals surface area contributed by atoms with Gasteiger partial charge in [-0.25, -0.2) is 9.97 Å². The third kappa shape index (κ3) is 8.26. The molecule has 0 atom stereocenters. The molecule has 1 aliphatic heterocycles. The highest BCUT2D eigenvalue weighted by atomic mass is 16.5. The Morgan fingerprint density at radius 3 is 2.38 bits per heavy atom. The molecular weight excluding hydrogens is 596 g/mol. The molecule has 1 amide bonds. The van der Waals surface area contributed by atoms with Crippen molar-refractivity contribution in [3.63, 3.8) is 0 Å². The number of pyridine rings is 1. The van der Waals surface area contributed by atoms with E-state index in [2.05, 4.69) is 27.4 Å². The van der Waals surface area contributed by atoms with E-state index in [0.717, 1.165) is 64.6 Å². The van der Waals surface area contributed by atoms with Crippen molar-refractivity contribution in [1.29, 1.82) is 0 Å². The molecule has 250 valence electrons. The summed E-state index contributed by atoms with van der Waals surface area (Å²) < 4.78 is 12.0. The van der Waals surface area contributed by atoms with Gasteiger partial charge in [0.2, 0.25) is 5.91 Å². The van der Waals surface area contributed by atoms with Crippen LogP contribution in [-0.4, -0.2) is 82.6 Å². The molecular formula is C36H46N6O5. The Kier molecular flexibility index (Phi) is 11.4. The predicted molar refractivity (Wildman–Crippen MR) is 181 cm³/mol. The number of hydrogen-bond acceptors (Lipinski definition) is 9. The number of carbonyl (C=O) groups excluding carboxylic acids is 3. The first-order chi connectivity index (χ1) is 22.8. The normalized spacial score (nSPS) is 14.0. The number of nitrogens with two attached hydrogens (primary N) is 1. The van der Waals surface area contributed by atoms with E-state index < -0.39 is 0 Å². The fourth-order valence-electron chi connectivity index (χ4n) is 6.39. The van der Waals surface area contributed by atoms with Crippen molar-refractivity contribution in [2.45, 2.75) is 65.0 Å². The molecule has 0 radical (unpaired) electrons. The minimum atomic E-state index is -0.291. The summed E-state index contributed by atoms with van der Waals surface area (Å²) in [5.74, 6) is 0.877. The zero-order chi connectivity index (χ0) is 33.3. The highest BCUT2D eigenvalue weighted by Gasteiger charge is 2.28. The summed E-state index contributed by atoms with van der Waals surface area (Å²) >= 11 is 0. The number of ether oxygens (including phenoxy) is 2. The fourth-order valence-corrected chi connectivity index (χ4v) is 6.39. The maximum atomic E-state index is 13.9. The highest BCUT2D eigenvalue weighted by molar-refractivity contribution is 6.06. The average Bonchev–Trinajstić information content (AvgIpc) is 3.46. The van der Waals surface area contributed by atoms with Crippen LogP contribution in [0.1, 0.15) is 56.0 Å². The van der Waals surface area contributed by atoms with Crippen molar-refractivity contribution in [2.24, 2.45) is 5.92 Å². The SMILES string of the molecule is CCCCc1nc2c(N)nc3ccccc3c2n1CCCN(Cc1ccc(CC(=O)OC)cc1)C(=O)CN1CCC(C(=O)OC)CC1. The van der Waals surface area contributed by atoms with Gasteiger partial charge in [-0.05, 0) is 56.0 Å². The molecule has 11 nitrogen and oxygen atoms in total. The number of hydrogen-bond donors (Lipinski definition) is 1. The van der Waals surface area contributed by atoms with Crippen LogP contribution in [0.5, 0.6) is 0 Å². The number of piperidine rings is 1. The van der Waals surface area contributed by atoms with Gasteiger partial charge in [0.25, 0.3) is 0 Å². The number of aryl methyl sites for hydroxylation is 2. The lowest BCUT2D eigenvalue weighted by Gasteiger charge is -2.32. The van der Waals surface area contributed by atoms with Crippen molar-refractivity contribution < 1.29 is 23.9 Å². The Morgan fingerprint density at radius 2 is 1.68 bits per heavy atom. The number of likely N-dealkylation sites (tertiary alicyclic amines) is 1. The molecule has 2 N–H and O–H groups in total. The molecule has 3 heterocycles. The number of carbonyl (C=O) groups is 3. The van der Waals surface area contributed by atoms with Crippen LogP contribution in [0.3, 0.4) is 0 Å². The van der Waals surface area contributed by atoms with E-state index in [1.54, 1.807) is 0 Å². The number of esters is 2. The molecule has 2 aromatic carbocycles. The predicted octanol–water partition coefficient (Wildman–Crippen LogP) is 4.53. The van der Waals surface area contributed by atoms with Gasteiger partial charge in [-0.15, -0.1) is 0 Å². The largest absolute Gasteiger partial charge is 0.469 e. The van der Waals surface area contributed by atoms with Gasteiger partial charge in [0.05, 0.1) is 44.1 Å². The molecule has 0 aliphatic carbocycles. The van der Waals surface area contributed by atoms with Crippen LogP contribution >= 0.6 is 0 Å². The van der Waals surface area contributed by atoms with Crippen LogP contribution in [0.4, 0.5) is 5.82 Å². The first-order valence-corrected chi connectivity index (χ1v) is 16.6. The topological polar surface area (TPSA) is 133 Å². The number of unbranched alkanes of at least 4 members (excludes halogenated alkanes) is 1. The first kappa shape index (κ1) is 33.8. The fraction of sp³-hybridized carbons (Fsp3) is 0.472. The average molecular weight is 643 g/mol. The number of imidazole rings is 1. The monoisotopic (exact) mass is 642 g/mol. The number of amides is 1. The van der Waals surface area contributed by atoms with Crippen molar-refractivity contribution in [3.8, 4) is 0 Å². The molecule has 4 aromatic rings. The second-order valence-electron chi connectivity index (χ2n) is 12.3. The lowest BCUT2D eigenvalue weighted by Crippen LogP contribution is -2.44. The number of nitrogen functional groups attached to an aromatic ring is 1. The van der Waals surface area contributed by atoms with Gasteiger partial charge in [0.15, 0.2) is 5.82 Å². The number of rotatable bonds is 14. The van der Waals surface area contributed by atoms with Crippen molar-refractivity contribution in [2.75, 3.05) is 46.1 Å². The van der Waals surface area contributed by atoms with Gasteiger partial charge in [0.1, 0.15) is 11.3 Å². The quantitative estimate of drug-likeness (QED) is 0.197. The number of anilines is 1. The Morgan fingerprint density at radius 1 is 0.957 bits per heavy atom. The van der Waals surface area contributed by atoms with Crippen LogP contribution in [-0.2, 0) is 49.8 Å². The lowest BCUT2D eigenvalue weighted by atomic mass is 9.97. The Hall–Kier alpha value is -4.51. The van der Waals surface area contributed by atoms with Gasteiger partial charge in [-0.3, -0.25) is 19.3 Å².